The van der Waals surface area contributed by atoms with Gasteiger partial charge in [-0.15, -0.1) is 0 Å². The van der Waals surface area contributed by atoms with Crippen molar-refractivity contribution in [1.82, 2.24) is 16.0 Å². The van der Waals surface area contributed by atoms with E-state index in [1.165, 1.54) is 122 Å². The van der Waals surface area contributed by atoms with Gasteiger partial charge in [-0.25, -0.2) is 0 Å². The van der Waals surface area contributed by atoms with E-state index in [1.807, 2.05) is 30.3 Å². The molecule has 0 radical (unpaired) electrons. The van der Waals surface area contributed by atoms with Gasteiger partial charge in [0.05, 0.1) is 38.2 Å². The largest absolute Gasteiger partial charge is 0.462 e. The number of carbonyl (C=O) groups excluding carboxylic acids is 4. The molecule has 0 saturated heterocycles. The second-order valence-electron chi connectivity index (χ2n) is 19.3. The van der Waals surface area contributed by atoms with Gasteiger partial charge in [0, 0.05) is 19.6 Å². The van der Waals surface area contributed by atoms with Crippen LogP contribution in [0.2, 0.25) is 0 Å². The van der Waals surface area contributed by atoms with Crippen molar-refractivity contribution in [2.45, 2.75) is 276 Å². The number of esters is 1. The zero-order valence-corrected chi connectivity index (χ0v) is 43.1. The minimum atomic E-state index is -0.949. The zero-order valence-electron chi connectivity index (χ0n) is 43.1. The van der Waals surface area contributed by atoms with Crippen LogP contribution in [0, 0.1) is 0 Å². The summed E-state index contributed by atoms with van der Waals surface area (Å²) in [6.45, 7) is 6.86. The first kappa shape index (κ1) is 62.0. The van der Waals surface area contributed by atoms with E-state index in [0.717, 1.165) is 63.4 Å². The highest BCUT2D eigenvalue weighted by molar-refractivity contribution is 5.87. The van der Waals surface area contributed by atoms with Gasteiger partial charge in [0.25, 0.3) is 0 Å². The van der Waals surface area contributed by atoms with Crippen LogP contribution in [0.1, 0.15) is 251 Å². The topological polar surface area (TPSA) is 163 Å². The van der Waals surface area contributed by atoms with Gasteiger partial charge < -0.3 is 35.6 Å². The molecule has 0 spiro atoms. The van der Waals surface area contributed by atoms with E-state index in [2.05, 4.69) is 36.7 Å². The summed E-state index contributed by atoms with van der Waals surface area (Å²) in [6.07, 6.45) is 34.0. The standard InChI is InChI=1S/C56H101N3O8/c1-4-7-10-13-16-19-22-25-31-38-50(66-47-48-35-29-28-30-36-48)44-53(62)58-49(46-61)37-34-42-57-56(65)52(41-43-60)59-54(63)45-51(39-32-26-23-20-17-14-11-8-5-2)67-55(64)40-33-27-24-21-18-15-12-9-6-3/h28-30,35-36,49-52,60-61H,4-27,31-34,37-47H2,1-3H3,(H,57,65)(H,58,62)(H,59,63)/t49?,50-,51-,52?/m1/s1. The van der Waals surface area contributed by atoms with Crippen LogP contribution < -0.4 is 16.0 Å². The number of aliphatic hydroxyl groups is 2. The Balaban J connectivity index is 2.63. The number of hydrogen-bond acceptors (Lipinski definition) is 8. The van der Waals surface area contributed by atoms with Gasteiger partial charge in [0.15, 0.2) is 0 Å². The molecule has 1 rings (SSSR count). The number of ether oxygens (including phenoxy) is 2. The second-order valence-corrected chi connectivity index (χ2v) is 19.3. The van der Waals surface area contributed by atoms with Crippen molar-refractivity contribution in [3.63, 3.8) is 0 Å². The maximum Gasteiger partial charge on any atom is 0.306 e. The summed E-state index contributed by atoms with van der Waals surface area (Å²) in [5.41, 5.74) is 1.06. The monoisotopic (exact) mass is 944 g/mol. The van der Waals surface area contributed by atoms with Gasteiger partial charge in [0.2, 0.25) is 17.7 Å². The van der Waals surface area contributed by atoms with Crippen molar-refractivity contribution in [1.29, 1.82) is 0 Å². The highest BCUT2D eigenvalue weighted by Gasteiger charge is 2.24. The molecule has 0 aliphatic rings. The van der Waals surface area contributed by atoms with Crippen LogP contribution in [0.4, 0.5) is 0 Å². The van der Waals surface area contributed by atoms with Crippen molar-refractivity contribution in [3.05, 3.63) is 35.9 Å². The summed E-state index contributed by atoms with van der Waals surface area (Å²) in [5, 5.41) is 28.5. The normalized spacial score (nSPS) is 13.1. The predicted octanol–water partition coefficient (Wildman–Crippen LogP) is 12.3. The second kappa shape index (κ2) is 45.4. The van der Waals surface area contributed by atoms with Crippen molar-refractivity contribution in [3.8, 4) is 0 Å². The Morgan fingerprint density at radius 1 is 0.522 bits per heavy atom. The third-order valence-corrected chi connectivity index (χ3v) is 12.9. The Labute approximate surface area is 409 Å². The fourth-order valence-electron chi connectivity index (χ4n) is 8.67. The van der Waals surface area contributed by atoms with Gasteiger partial charge >= 0.3 is 5.97 Å². The quantitative estimate of drug-likeness (QED) is 0.0318. The molecular formula is C56H101N3O8. The van der Waals surface area contributed by atoms with Crippen LogP contribution in [0.3, 0.4) is 0 Å². The van der Waals surface area contributed by atoms with Gasteiger partial charge in [-0.05, 0) is 50.5 Å². The summed E-state index contributed by atoms with van der Waals surface area (Å²) in [7, 11) is 0. The average Bonchev–Trinajstić information content (AvgIpc) is 3.32. The smallest absolute Gasteiger partial charge is 0.306 e. The van der Waals surface area contributed by atoms with Gasteiger partial charge in [-0.1, -0.05) is 212 Å². The molecule has 0 heterocycles. The SMILES string of the molecule is CCCCCCCCCCCC(=O)O[C@H](CCCCCCCCCCC)CC(=O)NC(CCO)C(=O)NCCCC(CO)NC(=O)C[C@@H](CCCCCCCCCCC)OCc1ccccc1. The number of unbranched alkanes of at least 4 members (excludes halogenated alkanes) is 24. The van der Waals surface area contributed by atoms with Crippen LogP contribution >= 0.6 is 0 Å². The van der Waals surface area contributed by atoms with Gasteiger partial charge in [0.1, 0.15) is 12.1 Å². The van der Waals surface area contributed by atoms with Crippen molar-refractivity contribution in [2.24, 2.45) is 0 Å². The van der Waals surface area contributed by atoms with Crippen molar-refractivity contribution in [2.75, 3.05) is 19.8 Å². The molecule has 0 saturated carbocycles. The summed E-state index contributed by atoms with van der Waals surface area (Å²) in [6, 6.07) is 8.54. The fraction of sp³-hybridized carbons (Fsp3) is 0.821. The predicted molar refractivity (Wildman–Crippen MR) is 275 cm³/mol. The molecule has 0 aliphatic carbocycles. The Hall–Kier alpha value is -3.02. The fourth-order valence-corrected chi connectivity index (χ4v) is 8.67. The first-order valence-electron chi connectivity index (χ1n) is 27.7. The summed E-state index contributed by atoms with van der Waals surface area (Å²) in [5.74, 6) is -1.26. The molecule has 0 aliphatic heterocycles. The average molecular weight is 944 g/mol. The molecule has 388 valence electrons. The van der Waals surface area contributed by atoms with Crippen molar-refractivity contribution >= 4 is 23.7 Å². The Morgan fingerprint density at radius 3 is 1.49 bits per heavy atom. The highest BCUT2D eigenvalue weighted by atomic mass is 16.5. The highest BCUT2D eigenvalue weighted by Crippen LogP contribution is 2.19. The lowest BCUT2D eigenvalue weighted by Gasteiger charge is -2.22. The maximum atomic E-state index is 13.4. The third kappa shape index (κ3) is 37.5. The molecule has 2 unspecified atom stereocenters. The number of benzene rings is 1. The molecule has 3 amide bonds. The molecule has 11 nitrogen and oxygen atoms in total. The lowest BCUT2D eigenvalue weighted by atomic mass is 10.0. The number of aliphatic hydroxyl groups excluding tert-OH is 2. The summed E-state index contributed by atoms with van der Waals surface area (Å²) >= 11 is 0. The third-order valence-electron chi connectivity index (χ3n) is 12.9. The molecule has 11 heteroatoms. The lowest BCUT2D eigenvalue weighted by molar-refractivity contribution is -0.151. The molecule has 67 heavy (non-hydrogen) atoms. The van der Waals surface area contributed by atoms with Crippen molar-refractivity contribution < 1.29 is 38.9 Å². The number of hydrogen-bond donors (Lipinski definition) is 5. The van der Waals surface area contributed by atoms with E-state index in [-0.39, 0.29) is 57.0 Å². The molecular weight excluding hydrogens is 843 g/mol. The minimum absolute atomic E-state index is 0.0368. The van der Waals surface area contributed by atoms with E-state index in [1.54, 1.807) is 0 Å². The Morgan fingerprint density at radius 2 is 0.985 bits per heavy atom. The number of nitrogens with one attached hydrogen (secondary N) is 3. The number of rotatable bonds is 48. The Bertz CT molecular complexity index is 1320. The number of carbonyl (C=O) groups is 4. The molecule has 5 N–H and O–H groups in total. The van der Waals surface area contributed by atoms with Crippen LogP contribution in [0.25, 0.3) is 0 Å². The molecule has 1 aromatic carbocycles. The van der Waals surface area contributed by atoms with Gasteiger partial charge in [-0.3, -0.25) is 19.2 Å². The minimum Gasteiger partial charge on any atom is -0.462 e. The first-order chi connectivity index (χ1) is 32.8. The van der Waals surface area contributed by atoms with Crippen LogP contribution in [0.15, 0.2) is 30.3 Å². The van der Waals surface area contributed by atoms with E-state index < -0.39 is 30.0 Å². The van der Waals surface area contributed by atoms with Gasteiger partial charge in [-0.2, -0.15) is 0 Å². The van der Waals surface area contributed by atoms with Crippen LogP contribution in [-0.2, 0) is 35.3 Å². The zero-order chi connectivity index (χ0) is 48.8. The lowest BCUT2D eigenvalue weighted by Crippen LogP contribution is -2.48. The molecule has 0 fully saturated rings. The van der Waals surface area contributed by atoms with Crippen LogP contribution in [0.5, 0.6) is 0 Å². The molecule has 0 aromatic heterocycles. The molecule has 1 aromatic rings. The van der Waals surface area contributed by atoms with E-state index in [4.69, 9.17) is 9.47 Å². The van der Waals surface area contributed by atoms with E-state index >= 15 is 0 Å². The summed E-state index contributed by atoms with van der Waals surface area (Å²) < 4.78 is 12.2. The first-order valence-corrected chi connectivity index (χ1v) is 27.7. The van der Waals surface area contributed by atoms with Crippen LogP contribution in [-0.4, -0.2) is 78.0 Å². The molecule has 0 bridgehead atoms. The summed E-state index contributed by atoms with van der Waals surface area (Å²) in [4.78, 5) is 52.8. The number of amides is 3. The van der Waals surface area contributed by atoms with E-state index in [0.29, 0.717) is 32.3 Å². The Kier molecular flexibility index (Phi) is 42.0. The van der Waals surface area contributed by atoms with E-state index in [9.17, 15) is 29.4 Å². The maximum absolute atomic E-state index is 13.4. The molecule has 4 atom stereocenters.